The molecule has 1 N–H and O–H groups in total. The first-order chi connectivity index (χ1) is 10.1. The molecule has 0 spiro atoms. The SMILES string of the molecule is CCCc1nc(COc2cc(C)cc(C)c2)sc1CNC. The van der Waals surface area contributed by atoms with Crippen molar-refractivity contribution in [2.75, 3.05) is 7.05 Å². The summed E-state index contributed by atoms with van der Waals surface area (Å²) in [7, 11) is 1.97. The molecular formula is C17H24N2OS. The van der Waals surface area contributed by atoms with Crippen LogP contribution in [0.15, 0.2) is 18.2 Å². The van der Waals surface area contributed by atoms with Gasteiger partial charge in [-0.25, -0.2) is 4.98 Å². The van der Waals surface area contributed by atoms with E-state index in [1.165, 1.54) is 21.7 Å². The maximum atomic E-state index is 5.91. The zero-order chi connectivity index (χ0) is 15.2. The molecule has 0 bridgehead atoms. The van der Waals surface area contributed by atoms with Gasteiger partial charge in [-0.15, -0.1) is 11.3 Å². The molecule has 0 aliphatic heterocycles. The lowest BCUT2D eigenvalue weighted by Crippen LogP contribution is -2.05. The molecule has 0 unspecified atom stereocenters. The molecule has 0 saturated carbocycles. The molecule has 0 saturated heterocycles. The fourth-order valence-corrected chi connectivity index (χ4v) is 3.43. The zero-order valence-electron chi connectivity index (χ0n) is 13.3. The summed E-state index contributed by atoms with van der Waals surface area (Å²) >= 11 is 1.75. The van der Waals surface area contributed by atoms with Crippen LogP contribution in [0.4, 0.5) is 0 Å². The van der Waals surface area contributed by atoms with Gasteiger partial charge in [0.05, 0.1) is 5.69 Å². The summed E-state index contributed by atoms with van der Waals surface area (Å²) in [5, 5.41) is 4.27. The summed E-state index contributed by atoms with van der Waals surface area (Å²) in [4.78, 5) is 6.06. The molecule has 1 aromatic heterocycles. The highest BCUT2D eigenvalue weighted by Gasteiger charge is 2.10. The summed E-state index contributed by atoms with van der Waals surface area (Å²) in [5.74, 6) is 0.926. The first-order valence-corrected chi connectivity index (χ1v) is 8.27. The molecule has 1 heterocycles. The van der Waals surface area contributed by atoms with Crippen LogP contribution in [0.25, 0.3) is 0 Å². The molecule has 0 aliphatic rings. The van der Waals surface area contributed by atoms with E-state index in [9.17, 15) is 0 Å². The maximum absolute atomic E-state index is 5.91. The lowest BCUT2D eigenvalue weighted by Gasteiger charge is -2.06. The minimum absolute atomic E-state index is 0.550. The van der Waals surface area contributed by atoms with Crippen LogP contribution in [0.5, 0.6) is 5.75 Å². The molecular weight excluding hydrogens is 280 g/mol. The van der Waals surface area contributed by atoms with E-state index in [-0.39, 0.29) is 0 Å². The number of ether oxygens (including phenoxy) is 1. The highest BCUT2D eigenvalue weighted by atomic mass is 32.1. The van der Waals surface area contributed by atoms with Crippen molar-refractivity contribution in [2.45, 2.75) is 46.8 Å². The predicted octanol–water partition coefficient (Wildman–Crippen LogP) is 4.01. The van der Waals surface area contributed by atoms with Crippen LogP contribution in [0.1, 0.15) is 40.1 Å². The monoisotopic (exact) mass is 304 g/mol. The first-order valence-electron chi connectivity index (χ1n) is 7.45. The lowest BCUT2D eigenvalue weighted by atomic mass is 10.1. The van der Waals surface area contributed by atoms with Gasteiger partial charge in [-0.3, -0.25) is 0 Å². The molecule has 0 radical (unpaired) electrons. The van der Waals surface area contributed by atoms with Gasteiger partial charge < -0.3 is 10.1 Å². The Morgan fingerprint density at radius 3 is 2.52 bits per heavy atom. The summed E-state index contributed by atoms with van der Waals surface area (Å²) in [6, 6.07) is 6.30. The maximum Gasteiger partial charge on any atom is 0.140 e. The number of rotatable bonds is 7. The predicted molar refractivity (Wildman–Crippen MR) is 89.1 cm³/mol. The van der Waals surface area contributed by atoms with Gasteiger partial charge in [0.2, 0.25) is 0 Å². The Hall–Kier alpha value is -1.39. The van der Waals surface area contributed by atoms with Gasteiger partial charge in [0.25, 0.3) is 0 Å². The van der Waals surface area contributed by atoms with E-state index in [2.05, 4.69) is 44.3 Å². The van der Waals surface area contributed by atoms with E-state index < -0.39 is 0 Å². The third-order valence-corrected chi connectivity index (χ3v) is 4.28. The van der Waals surface area contributed by atoms with Crippen LogP contribution in [-0.4, -0.2) is 12.0 Å². The highest BCUT2D eigenvalue weighted by Crippen LogP contribution is 2.23. The van der Waals surface area contributed by atoms with E-state index in [0.29, 0.717) is 6.61 Å². The van der Waals surface area contributed by atoms with Crippen molar-refractivity contribution in [1.29, 1.82) is 0 Å². The molecule has 1 aromatic carbocycles. The topological polar surface area (TPSA) is 34.1 Å². The van der Waals surface area contributed by atoms with Crippen molar-refractivity contribution in [3.8, 4) is 5.75 Å². The summed E-state index contributed by atoms with van der Waals surface area (Å²) in [6.07, 6.45) is 2.16. The number of nitrogens with zero attached hydrogens (tertiary/aromatic N) is 1. The number of hydrogen-bond acceptors (Lipinski definition) is 4. The normalized spacial score (nSPS) is 10.9. The third-order valence-electron chi connectivity index (χ3n) is 3.20. The average Bonchev–Trinajstić information content (AvgIpc) is 2.79. The van der Waals surface area contributed by atoms with Crippen molar-refractivity contribution < 1.29 is 4.74 Å². The van der Waals surface area contributed by atoms with E-state index in [1.807, 2.05) is 7.05 Å². The number of aryl methyl sites for hydroxylation is 3. The van der Waals surface area contributed by atoms with Crippen LogP contribution in [-0.2, 0) is 19.6 Å². The standard InChI is InChI=1S/C17H24N2OS/c1-5-6-15-16(10-18-4)21-17(19-15)11-20-14-8-12(2)7-13(3)9-14/h7-9,18H,5-6,10-11H2,1-4H3. The lowest BCUT2D eigenvalue weighted by molar-refractivity contribution is 0.305. The largest absolute Gasteiger partial charge is 0.486 e. The van der Waals surface area contributed by atoms with Crippen LogP contribution in [0.2, 0.25) is 0 Å². The minimum atomic E-state index is 0.550. The Balaban J connectivity index is 2.06. The number of nitrogens with one attached hydrogen (secondary N) is 1. The fourth-order valence-electron chi connectivity index (χ4n) is 2.39. The highest BCUT2D eigenvalue weighted by molar-refractivity contribution is 7.11. The molecule has 0 fully saturated rings. The quantitative estimate of drug-likeness (QED) is 0.839. The fraction of sp³-hybridized carbons (Fsp3) is 0.471. The minimum Gasteiger partial charge on any atom is -0.486 e. The summed E-state index contributed by atoms with van der Waals surface area (Å²) in [5.41, 5.74) is 3.68. The van der Waals surface area contributed by atoms with Gasteiger partial charge in [-0.2, -0.15) is 0 Å². The molecule has 2 rings (SSSR count). The van der Waals surface area contributed by atoms with Gasteiger partial charge in [0.15, 0.2) is 0 Å². The van der Waals surface area contributed by atoms with Gasteiger partial charge >= 0.3 is 0 Å². The van der Waals surface area contributed by atoms with Crippen molar-refractivity contribution in [3.63, 3.8) is 0 Å². The van der Waals surface area contributed by atoms with Gasteiger partial charge in [-0.05, 0) is 50.6 Å². The molecule has 0 atom stereocenters. The van der Waals surface area contributed by atoms with Crippen molar-refractivity contribution in [2.24, 2.45) is 0 Å². The Labute approximate surface area is 131 Å². The van der Waals surface area contributed by atoms with Crippen molar-refractivity contribution >= 4 is 11.3 Å². The Morgan fingerprint density at radius 2 is 1.90 bits per heavy atom. The van der Waals surface area contributed by atoms with Crippen LogP contribution in [0, 0.1) is 13.8 Å². The molecule has 3 nitrogen and oxygen atoms in total. The van der Waals surface area contributed by atoms with Crippen LogP contribution >= 0.6 is 11.3 Å². The number of aromatic nitrogens is 1. The van der Waals surface area contributed by atoms with E-state index in [1.54, 1.807) is 11.3 Å². The third kappa shape index (κ3) is 4.55. The second-order valence-electron chi connectivity index (χ2n) is 5.37. The van der Waals surface area contributed by atoms with Gasteiger partial charge in [0, 0.05) is 11.4 Å². The molecule has 114 valence electrons. The van der Waals surface area contributed by atoms with Gasteiger partial charge in [0.1, 0.15) is 17.4 Å². The molecule has 0 amide bonds. The molecule has 4 heteroatoms. The van der Waals surface area contributed by atoms with E-state index >= 15 is 0 Å². The number of benzene rings is 1. The first kappa shape index (κ1) is 16.0. The molecule has 0 aliphatic carbocycles. The number of thiazole rings is 1. The Morgan fingerprint density at radius 1 is 1.19 bits per heavy atom. The van der Waals surface area contributed by atoms with E-state index in [4.69, 9.17) is 9.72 Å². The smallest absolute Gasteiger partial charge is 0.140 e. The zero-order valence-corrected chi connectivity index (χ0v) is 14.1. The van der Waals surface area contributed by atoms with Gasteiger partial charge in [-0.1, -0.05) is 19.4 Å². The summed E-state index contributed by atoms with van der Waals surface area (Å²) in [6.45, 7) is 7.81. The van der Waals surface area contributed by atoms with E-state index in [0.717, 1.165) is 30.1 Å². The number of hydrogen-bond donors (Lipinski definition) is 1. The Kier molecular flexibility index (Phi) is 5.76. The molecule has 2 aromatic rings. The van der Waals surface area contributed by atoms with Crippen LogP contribution < -0.4 is 10.1 Å². The van der Waals surface area contributed by atoms with Crippen LogP contribution in [0.3, 0.4) is 0 Å². The second-order valence-corrected chi connectivity index (χ2v) is 6.54. The second kappa shape index (κ2) is 7.57. The summed E-state index contributed by atoms with van der Waals surface area (Å²) < 4.78 is 5.91. The Bertz CT molecular complexity index is 549. The average molecular weight is 304 g/mol. The van der Waals surface area contributed by atoms with Crippen molar-refractivity contribution in [1.82, 2.24) is 10.3 Å². The molecule has 21 heavy (non-hydrogen) atoms. The van der Waals surface area contributed by atoms with Crippen molar-refractivity contribution in [3.05, 3.63) is 44.9 Å².